The lowest BCUT2D eigenvalue weighted by Gasteiger charge is -2.29. The Morgan fingerprint density at radius 2 is 1.74 bits per heavy atom. The van der Waals surface area contributed by atoms with E-state index in [9.17, 15) is 4.79 Å². The van der Waals surface area contributed by atoms with Crippen LogP contribution in [0.5, 0.6) is 0 Å². The van der Waals surface area contributed by atoms with Crippen molar-refractivity contribution in [1.29, 1.82) is 0 Å². The number of rotatable bonds is 6. The third-order valence-corrected chi connectivity index (χ3v) is 4.44. The monoisotopic (exact) mass is 268 g/mol. The molecule has 2 atom stereocenters. The topological polar surface area (TPSA) is 46.3 Å². The molecule has 1 rings (SSSR count). The van der Waals surface area contributed by atoms with E-state index in [1.807, 2.05) is 18.9 Å². The van der Waals surface area contributed by atoms with E-state index in [4.69, 9.17) is 5.73 Å². The van der Waals surface area contributed by atoms with Crippen LogP contribution >= 0.6 is 0 Å². The number of hydrogen-bond donors (Lipinski definition) is 1. The van der Waals surface area contributed by atoms with E-state index in [0.717, 1.165) is 19.3 Å². The third-order valence-electron chi connectivity index (χ3n) is 4.44. The van der Waals surface area contributed by atoms with E-state index in [-0.39, 0.29) is 12.0 Å². The van der Waals surface area contributed by atoms with Gasteiger partial charge in [-0.1, -0.05) is 39.0 Å². The van der Waals surface area contributed by atoms with Crippen molar-refractivity contribution in [3.63, 3.8) is 0 Å². The van der Waals surface area contributed by atoms with Crippen LogP contribution in [0.4, 0.5) is 0 Å². The first-order valence-electron chi connectivity index (χ1n) is 8.04. The number of hydrogen-bond acceptors (Lipinski definition) is 2. The Labute approximate surface area is 118 Å². The third kappa shape index (κ3) is 5.94. The number of nitrogens with zero attached hydrogens (tertiary/aromatic N) is 1. The van der Waals surface area contributed by atoms with Crippen molar-refractivity contribution in [3.05, 3.63) is 0 Å². The van der Waals surface area contributed by atoms with Crippen molar-refractivity contribution in [2.24, 2.45) is 11.7 Å². The summed E-state index contributed by atoms with van der Waals surface area (Å²) in [5.41, 5.74) is 5.75. The molecular weight excluding hydrogens is 236 g/mol. The average Bonchev–Trinajstić information content (AvgIpc) is 2.65. The van der Waals surface area contributed by atoms with E-state index in [1.165, 1.54) is 38.5 Å². The highest BCUT2D eigenvalue weighted by atomic mass is 16.2. The molecule has 3 heteroatoms. The molecule has 1 saturated carbocycles. The molecule has 2 N–H and O–H groups in total. The van der Waals surface area contributed by atoms with Crippen molar-refractivity contribution in [2.75, 3.05) is 7.05 Å². The molecule has 1 fully saturated rings. The summed E-state index contributed by atoms with van der Waals surface area (Å²) in [5, 5.41) is 0. The van der Waals surface area contributed by atoms with Crippen LogP contribution in [0.2, 0.25) is 0 Å². The van der Waals surface area contributed by atoms with Gasteiger partial charge in [0.05, 0.1) is 0 Å². The second-order valence-electron chi connectivity index (χ2n) is 6.40. The zero-order valence-electron chi connectivity index (χ0n) is 13.0. The lowest BCUT2D eigenvalue weighted by Crippen LogP contribution is -2.39. The molecule has 0 bridgehead atoms. The Bertz CT molecular complexity index is 257. The summed E-state index contributed by atoms with van der Waals surface area (Å²) < 4.78 is 0. The Morgan fingerprint density at radius 3 is 2.26 bits per heavy atom. The largest absolute Gasteiger partial charge is 0.343 e. The first kappa shape index (κ1) is 16.5. The Kier molecular flexibility index (Phi) is 7.44. The van der Waals surface area contributed by atoms with Gasteiger partial charge in [-0.3, -0.25) is 4.79 Å². The smallest absolute Gasteiger partial charge is 0.225 e. The molecule has 0 aromatic rings. The highest BCUT2D eigenvalue weighted by Gasteiger charge is 2.24. The van der Waals surface area contributed by atoms with Gasteiger partial charge in [0, 0.05) is 25.0 Å². The van der Waals surface area contributed by atoms with E-state index in [0.29, 0.717) is 11.9 Å². The molecule has 0 aliphatic heterocycles. The maximum atomic E-state index is 12.4. The highest BCUT2D eigenvalue weighted by molar-refractivity contribution is 5.78. The number of carbonyl (C=O) groups excluding carboxylic acids is 1. The molecule has 3 nitrogen and oxygen atoms in total. The van der Waals surface area contributed by atoms with E-state index in [1.54, 1.807) is 0 Å². The van der Waals surface area contributed by atoms with Gasteiger partial charge >= 0.3 is 0 Å². The predicted molar refractivity (Wildman–Crippen MR) is 80.9 cm³/mol. The van der Waals surface area contributed by atoms with Gasteiger partial charge in [-0.2, -0.15) is 0 Å². The van der Waals surface area contributed by atoms with Crippen molar-refractivity contribution in [2.45, 2.75) is 83.7 Å². The second-order valence-corrected chi connectivity index (χ2v) is 6.40. The molecule has 0 radical (unpaired) electrons. The zero-order chi connectivity index (χ0) is 14.3. The molecule has 112 valence electrons. The Balaban J connectivity index is 2.36. The minimum Gasteiger partial charge on any atom is -0.343 e. The first-order chi connectivity index (χ1) is 9.02. The quantitative estimate of drug-likeness (QED) is 0.751. The van der Waals surface area contributed by atoms with Crippen LogP contribution in [0.25, 0.3) is 0 Å². The normalized spacial score (nSPS) is 20.6. The number of nitrogens with two attached hydrogens (primary N) is 1. The summed E-state index contributed by atoms with van der Waals surface area (Å²) in [6, 6.07) is 0.729. The molecule has 19 heavy (non-hydrogen) atoms. The molecule has 1 aliphatic carbocycles. The molecule has 0 aromatic heterocycles. The van der Waals surface area contributed by atoms with Gasteiger partial charge < -0.3 is 10.6 Å². The van der Waals surface area contributed by atoms with Crippen LogP contribution in [0.3, 0.4) is 0 Å². The van der Waals surface area contributed by atoms with Crippen molar-refractivity contribution >= 4 is 5.91 Å². The van der Waals surface area contributed by atoms with Gasteiger partial charge in [-0.15, -0.1) is 0 Å². The molecule has 1 amide bonds. The summed E-state index contributed by atoms with van der Waals surface area (Å²) in [6.45, 7) is 4.10. The summed E-state index contributed by atoms with van der Waals surface area (Å²) >= 11 is 0. The van der Waals surface area contributed by atoms with Crippen LogP contribution < -0.4 is 5.73 Å². The molecule has 0 spiro atoms. The van der Waals surface area contributed by atoms with Crippen molar-refractivity contribution in [1.82, 2.24) is 4.90 Å². The van der Waals surface area contributed by atoms with Gasteiger partial charge in [0.25, 0.3) is 0 Å². The minimum absolute atomic E-state index is 0.145. The van der Waals surface area contributed by atoms with Gasteiger partial charge in [0.15, 0.2) is 0 Å². The fraction of sp³-hybridized carbons (Fsp3) is 0.938. The van der Waals surface area contributed by atoms with Crippen molar-refractivity contribution in [3.8, 4) is 0 Å². The van der Waals surface area contributed by atoms with E-state index in [2.05, 4.69) is 6.92 Å². The van der Waals surface area contributed by atoms with E-state index < -0.39 is 0 Å². The van der Waals surface area contributed by atoms with Gasteiger partial charge in [-0.05, 0) is 32.6 Å². The lowest BCUT2D eigenvalue weighted by molar-refractivity contribution is -0.136. The molecule has 1 aliphatic rings. The maximum absolute atomic E-state index is 12.4. The fourth-order valence-electron chi connectivity index (χ4n) is 3.04. The highest BCUT2D eigenvalue weighted by Crippen LogP contribution is 2.23. The molecule has 0 heterocycles. The van der Waals surface area contributed by atoms with Gasteiger partial charge in [-0.25, -0.2) is 0 Å². The molecule has 0 aromatic carbocycles. The SMILES string of the molecule is CC(N)CCCC(C)C(=O)N(C)C1CCCCCC1. The molecule has 0 saturated heterocycles. The van der Waals surface area contributed by atoms with Crippen LogP contribution in [0.15, 0.2) is 0 Å². The van der Waals surface area contributed by atoms with Crippen LogP contribution in [0.1, 0.15) is 71.6 Å². The lowest BCUT2D eigenvalue weighted by atomic mass is 9.99. The number of carbonyl (C=O) groups is 1. The second kappa shape index (κ2) is 8.57. The van der Waals surface area contributed by atoms with Crippen LogP contribution in [-0.4, -0.2) is 29.9 Å². The van der Waals surface area contributed by atoms with Crippen LogP contribution in [0, 0.1) is 5.92 Å². The molecule has 2 unspecified atom stereocenters. The van der Waals surface area contributed by atoms with Gasteiger partial charge in [0.1, 0.15) is 0 Å². The summed E-state index contributed by atoms with van der Waals surface area (Å²) in [6.07, 6.45) is 10.7. The average molecular weight is 268 g/mol. The van der Waals surface area contributed by atoms with Gasteiger partial charge in [0.2, 0.25) is 5.91 Å². The maximum Gasteiger partial charge on any atom is 0.225 e. The van der Waals surface area contributed by atoms with E-state index >= 15 is 0 Å². The Hall–Kier alpha value is -0.570. The zero-order valence-corrected chi connectivity index (χ0v) is 13.0. The van der Waals surface area contributed by atoms with Crippen LogP contribution in [-0.2, 0) is 4.79 Å². The summed E-state index contributed by atoms with van der Waals surface area (Å²) in [5.74, 6) is 0.476. The first-order valence-corrected chi connectivity index (χ1v) is 8.04. The predicted octanol–water partition coefficient (Wildman–Crippen LogP) is 3.32. The minimum atomic E-state index is 0.145. The van der Waals surface area contributed by atoms with Crippen molar-refractivity contribution < 1.29 is 4.79 Å². The Morgan fingerprint density at radius 1 is 1.16 bits per heavy atom. The summed E-state index contributed by atoms with van der Waals surface area (Å²) in [4.78, 5) is 14.5. The molecular formula is C16H32N2O. The number of amides is 1. The summed E-state index contributed by atoms with van der Waals surface area (Å²) in [7, 11) is 2.00. The fourth-order valence-corrected chi connectivity index (χ4v) is 3.04. The standard InChI is InChI=1S/C16H32N2O/c1-13(9-8-10-14(2)17)16(19)18(3)15-11-6-4-5-7-12-15/h13-15H,4-12,17H2,1-3H3.